The van der Waals surface area contributed by atoms with E-state index in [1.54, 1.807) is 30.6 Å². The fourth-order valence-electron chi connectivity index (χ4n) is 2.52. The normalized spacial score (nSPS) is 11.1. The maximum Gasteiger partial charge on any atom is 0.296 e. The number of carbonyl (C=O) groups is 1. The zero-order valence-electron chi connectivity index (χ0n) is 13.5. The van der Waals surface area contributed by atoms with E-state index >= 15 is 0 Å². The maximum atomic E-state index is 14.0. The molecule has 0 aliphatic carbocycles. The molecule has 4 aromatic rings. The van der Waals surface area contributed by atoms with E-state index in [-0.39, 0.29) is 23.0 Å². The molecule has 1 amide bonds. The molecule has 0 aliphatic rings. The van der Waals surface area contributed by atoms with Crippen molar-refractivity contribution in [2.45, 2.75) is 6.54 Å². The molecule has 0 aliphatic heterocycles. The van der Waals surface area contributed by atoms with Crippen LogP contribution in [0.15, 0.2) is 57.9 Å². The Morgan fingerprint density at radius 3 is 2.81 bits per heavy atom. The molecule has 3 heterocycles. The topological polar surface area (TPSA) is 59.2 Å². The average Bonchev–Trinajstić information content (AvgIpc) is 3.26. The summed E-state index contributed by atoms with van der Waals surface area (Å²) in [5, 5.41) is 0.232. The van der Waals surface area contributed by atoms with Crippen LogP contribution in [-0.4, -0.2) is 15.9 Å². The van der Waals surface area contributed by atoms with E-state index in [2.05, 4.69) is 25.9 Å². The first-order valence-corrected chi connectivity index (χ1v) is 9.34. The van der Waals surface area contributed by atoms with Crippen LogP contribution in [0.4, 0.5) is 13.9 Å². The minimum Gasteiger partial charge on any atom is -0.444 e. The Balaban J connectivity index is 1.79. The van der Waals surface area contributed by atoms with Crippen molar-refractivity contribution in [1.82, 2.24) is 9.97 Å². The number of furan rings is 1. The standard InChI is InChI=1S/C18H10BrF2N3O2S/c19-15-4-3-13(26-15)17(25)24(9-10-2-1-5-22-8-10)18-23-16-12(21)6-11(20)7-14(16)27-18/h1-8H,9H2. The van der Waals surface area contributed by atoms with Crippen molar-refractivity contribution in [3.63, 3.8) is 0 Å². The molecule has 0 bridgehead atoms. The molecule has 0 radical (unpaired) electrons. The van der Waals surface area contributed by atoms with Crippen molar-refractivity contribution in [2.24, 2.45) is 0 Å². The molecule has 27 heavy (non-hydrogen) atoms. The number of nitrogens with zero attached hydrogens (tertiary/aromatic N) is 3. The van der Waals surface area contributed by atoms with E-state index in [0.717, 1.165) is 23.0 Å². The van der Waals surface area contributed by atoms with E-state index in [1.165, 1.54) is 17.0 Å². The predicted molar refractivity (Wildman–Crippen MR) is 101 cm³/mol. The van der Waals surface area contributed by atoms with Gasteiger partial charge in [-0.05, 0) is 45.8 Å². The molecule has 9 heteroatoms. The number of pyridine rings is 1. The Kier molecular flexibility index (Phi) is 4.71. The number of amides is 1. The molecule has 0 spiro atoms. The highest BCUT2D eigenvalue weighted by molar-refractivity contribution is 9.10. The number of aromatic nitrogens is 2. The van der Waals surface area contributed by atoms with Crippen LogP contribution in [0.2, 0.25) is 0 Å². The van der Waals surface area contributed by atoms with Crippen LogP contribution < -0.4 is 4.90 Å². The van der Waals surface area contributed by atoms with E-state index in [4.69, 9.17) is 4.42 Å². The van der Waals surface area contributed by atoms with Gasteiger partial charge in [-0.15, -0.1) is 0 Å². The fourth-order valence-corrected chi connectivity index (χ4v) is 3.83. The van der Waals surface area contributed by atoms with Gasteiger partial charge in [0.1, 0.15) is 11.3 Å². The van der Waals surface area contributed by atoms with Gasteiger partial charge >= 0.3 is 0 Å². The minimum atomic E-state index is -0.776. The summed E-state index contributed by atoms with van der Waals surface area (Å²) in [4.78, 5) is 22.6. The van der Waals surface area contributed by atoms with Gasteiger partial charge in [0.25, 0.3) is 5.91 Å². The van der Waals surface area contributed by atoms with Gasteiger partial charge in [-0.1, -0.05) is 17.4 Å². The smallest absolute Gasteiger partial charge is 0.296 e. The lowest BCUT2D eigenvalue weighted by Crippen LogP contribution is -2.30. The second kappa shape index (κ2) is 7.16. The third-order valence-electron chi connectivity index (χ3n) is 3.73. The van der Waals surface area contributed by atoms with Crippen LogP contribution in [-0.2, 0) is 6.54 Å². The largest absolute Gasteiger partial charge is 0.444 e. The van der Waals surface area contributed by atoms with Crippen molar-refractivity contribution in [2.75, 3.05) is 4.90 Å². The van der Waals surface area contributed by atoms with Gasteiger partial charge < -0.3 is 4.42 Å². The van der Waals surface area contributed by atoms with Crippen molar-refractivity contribution in [3.05, 3.63) is 76.4 Å². The lowest BCUT2D eigenvalue weighted by atomic mass is 10.2. The number of halogens is 3. The summed E-state index contributed by atoms with van der Waals surface area (Å²) in [5.41, 5.74) is 0.767. The first-order valence-electron chi connectivity index (χ1n) is 7.73. The van der Waals surface area contributed by atoms with Crippen LogP contribution in [0.1, 0.15) is 16.1 Å². The second-order valence-electron chi connectivity index (χ2n) is 5.59. The molecule has 5 nitrogen and oxygen atoms in total. The van der Waals surface area contributed by atoms with Gasteiger partial charge in [0, 0.05) is 18.5 Å². The number of rotatable bonds is 4. The molecule has 0 unspecified atom stereocenters. The molecule has 4 rings (SSSR count). The molecule has 0 saturated heterocycles. The van der Waals surface area contributed by atoms with Crippen LogP contribution >= 0.6 is 27.3 Å². The van der Waals surface area contributed by atoms with E-state index in [0.29, 0.717) is 9.37 Å². The summed E-state index contributed by atoms with van der Waals surface area (Å²) in [6.07, 6.45) is 3.24. The first-order chi connectivity index (χ1) is 13.0. The average molecular weight is 450 g/mol. The fraction of sp³-hybridized carbons (Fsp3) is 0.0556. The number of hydrogen-bond donors (Lipinski definition) is 0. The molecule has 1 aromatic carbocycles. The van der Waals surface area contributed by atoms with Crippen molar-refractivity contribution >= 4 is 48.5 Å². The number of benzene rings is 1. The number of hydrogen-bond acceptors (Lipinski definition) is 5. The highest BCUT2D eigenvalue weighted by Gasteiger charge is 2.25. The van der Waals surface area contributed by atoms with Gasteiger partial charge in [-0.3, -0.25) is 14.7 Å². The van der Waals surface area contributed by atoms with E-state index in [9.17, 15) is 13.6 Å². The van der Waals surface area contributed by atoms with E-state index in [1.807, 2.05) is 0 Å². The van der Waals surface area contributed by atoms with Crippen molar-refractivity contribution < 1.29 is 18.0 Å². The summed E-state index contributed by atoms with van der Waals surface area (Å²) in [6.45, 7) is 0.148. The summed E-state index contributed by atoms with van der Waals surface area (Å²) >= 11 is 4.19. The third kappa shape index (κ3) is 3.60. The molecule has 0 saturated carbocycles. The van der Waals surface area contributed by atoms with Crippen LogP contribution in [0.3, 0.4) is 0 Å². The Morgan fingerprint density at radius 1 is 1.26 bits per heavy atom. The number of thiazole rings is 1. The van der Waals surface area contributed by atoms with Gasteiger partial charge in [0.2, 0.25) is 0 Å². The van der Waals surface area contributed by atoms with Crippen molar-refractivity contribution in [1.29, 1.82) is 0 Å². The molecular formula is C18H10BrF2N3O2S. The second-order valence-corrected chi connectivity index (χ2v) is 7.38. The lowest BCUT2D eigenvalue weighted by molar-refractivity contribution is 0.0957. The van der Waals surface area contributed by atoms with Crippen LogP contribution in [0.5, 0.6) is 0 Å². The summed E-state index contributed by atoms with van der Waals surface area (Å²) < 4.78 is 33.6. The minimum absolute atomic E-state index is 0.0148. The molecule has 0 atom stereocenters. The quantitative estimate of drug-likeness (QED) is 0.431. The zero-order chi connectivity index (χ0) is 19.0. The summed E-state index contributed by atoms with van der Waals surface area (Å²) in [5.74, 6) is -1.83. The Bertz CT molecular complexity index is 1130. The SMILES string of the molecule is O=C(c1ccc(Br)o1)N(Cc1cccnc1)c1nc2c(F)cc(F)cc2s1. The Hall–Kier alpha value is -2.65. The van der Waals surface area contributed by atoms with Gasteiger partial charge in [0.15, 0.2) is 21.4 Å². The zero-order valence-corrected chi connectivity index (χ0v) is 15.9. The molecule has 0 fully saturated rings. The first kappa shape index (κ1) is 17.7. The molecule has 136 valence electrons. The third-order valence-corrected chi connectivity index (χ3v) is 5.18. The molecule has 0 N–H and O–H groups in total. The van der Waals surface area contributed by atoms with Gasteiger partial charge in [-0.2, -0.15) is 0 Å². The molecular weight excluding hydrogens is 440 g/mol. The maximum absolute atomic E-state index is 14.0. The predicted octanol–water partition coefficient (Wildman–Crippen LogP) is 5.17. The number of carbonyl (C=O) groups excluding carboxylic acids is 1. The summed E-state index contributed by atoms with van der Waals surface area (Å²) in [7, 11) is 0. The summed E-state index contributed by atoms with van der Waals surface area (Å²) in [6, 6.07) is 8.63. The highest BCUT2D eigenvalue weighted by Crippen LogP contribution is 2.33. The Morgan fingerprint density at radius 2 is 2.11 bits per heavy atom. The molecule has 3 aromatic heterocycles. The van der Waals surface area contributed by atoms with Crippen LogP contribution in [0.25, 0.3) is 10.2 Å². The lowest BCUT2D eigenvalue weighted by Gasteiger charge is -2.18. The van der Waals surface area contributed by atoms with Gasteiger partial charge in [0.05, 0.1) is 11.2 Å². The van der Waals surface area contributed by atoms with E-state index < -0.39 is 17.5 Å². The van der Waals surface area contributed by atoms with Crippen LogP contribution in [0, 0.1) is 11.6 Å². The highest BCUT2D eigenvalue weighted by atomic mass is 79.9. The number of anilines is 1. The van der Waals surface area contributed by atoms with Gasteiger partial charge in [-0.25, -0.2) is 13.8 Å². The Labute approximate surface area is 164 Å². The van der Waals surface area contributed by atoms with Crippen molar-refractivity contribution in [3.8, 4) is 0 Å². The number of fused-ring (bicyclic) bond motifs is 1. The monoisotopic (exact) mass is 449 g/mol.